The van der Waals surface area contributed by atoms with Gasteiger partial charge in [-0.2, -0.15) is 0 Å². The van der Waals surface area contributed by atoms with Gasteiger partial charge in [-0.1, -0.05) is 30.3 Å². The van der Waals surface area contributed by atoms with Crippen LogP contribution in [0.5, 0.6) is 0 Å². The van der Waals surface area contributed by atoms with Gasteiger partial charge in [-0.25, -0.2) is 0 Å². The summed E-state index contributed by atoms with van der Waals surface area (Å²) >= 11 is 1.60. The van der Waals surface area contributed by atoms with Crippen molar-refractivity contribution in [3.05, 3.63) is 57.8 Å². The lowest BCUT2D eigenvalue weighted by atomic mass is 10.1. The van der Waals surface area contributed by atoms with Gasteiger partial charge >= 0.3 is 0 Å². The first-order valence-electron chi connectivity index (χ1n) is 7.96. The minimum absolute atomic E-state index is 0.277. The Bertz CT molecular complexity index is 641. The molecular formula is C18H22N2O2S. The Morgan fingerprint density at radius 2 is 2.17 bits per heavy atom. The van der Waals surface area contributed by atoms with Gasteiger partial charge in [-0.15, -0.1) is 11.3 Å². The summed E-state index contributed by atoms with van der Waals surface area (Å²) in [5, 5.41) is 1.84. The number of nitrogens with two attached hydrogens (primary N) is 1. The van der Waals surface area contributed by atoms with Crippen molar-refractivity contribution in [3.8, 4) is 0 Å². The average molecular weight is 330 g/mol. The van der Waals surface area contributed by atoms with Gasteiger partial charge in [0.05, 0.1) is 18.3 Å². The molecule has 122 valence electrons. The standard InChI is InChI=1S/C18H22N2O2S/c19-18(21)15-10-17(23-13-15)12-20-8-9-22-16(11-20)7-6-14-4-2-1-3-5-14/h1-5,10,13,16H,6-9,11-12H2,(H2,19,21). The molecule has 0 bridgehead atoms. The molecule has 1 unspecified atom stereocenters. The molecule has 0 spiro atoms. The monoisotopic (exact) mass is 330 g/mol. The highest BCUT2D eigenvalue weighted by molar-refractivity contribution is 7.10. The topological polar surface area (TPSA) is 55.6 Å². The van der Waals surface area contributed by atoms with Crippen molar-refractivity contribution in [1.82, 2.24) is 4.90 Å². The zero-order valence-corrected chi connectivity index (χ0v) is 13.9. The van der Waals surface area contributed by atoms with Crippen LogP contribution in [0.4, 0.5) is 0 Å². The zero-order chi connectivity index (χ0) is 16.1. The molecule has 0 radical (unpaired) electrons. The second-order valence-corrected chi connectivity index (χ2v) is 6.91. The first-order valence-corrected chi connectivity index (χ1v) is 8.84. The van der Waals surface area contributed by atoms with E-state index in [0.29, 0.717) is 5.56 Å². The van der Waals surface area contributed by atoms with E-state index < -0.39 is 0 Å². The van der Waals surface area contributed by atoms with Crippen LogP contribution in [0.2, 0.25) is 0 Å². The number of carbonyl (C=O) groups is 1. The Labute approximate surface area is 140 Å². The Balaban J connectivity index is 1.50. The third-order valence-electron chi connectivity index (χ3n) is 4.14. The lowest BCUT2D eigenvalue weighted by Gasteiger charge is -2.32. The fraction of sp³-hybridized carbons (Fsp3) is 0.389. The third-order valence-corrected chi connectivity index (χ3v) is 5.06. The van der Waals surface area contributed by atoms with E-state index in [1.54, 1.807) is 11.3 Å². The third kappa shape index (κ3) is 4.64. The van der Waals surface area contributed by atoms with Crippen molar-refractivity contribution >= 4 is 17.2 Å². The zero-order valence-electron chi connectivity index (χ0n) is 13.1. The molecule has 1 amide bonds. The smallest absolute Gasteiger partial charge is 0.249 e. The molecule has 1 aromatic heterocycles. The van der Waals surface area contributed by atoms with Gasteiger partial charge in [-0.3, -0.25) is 9.69 Å². The van der Waals surface area contributed by atoms with E-state index in [1.807, 2.05) is 17.5 Å². The molecule has 2 heterocycles. The normalized spacial score (nSPS) is 18.9. The van der Waals surface area contributed by atoms with E-state index >= 15 is 0 Å². The number of ether oxygens (including phenoxy) is 1. The summed E-state index contributed by atoms with van der Waals surface area (Å²) in [6, 6.07) is 12.4. The summed E-state index contributed by atoms with van der Waals surface area (Å²) in [6.45, 7) is 3.51. The van der Waals surface area contributed by atoms with E-state index in [4.69, 9.17) is 10.5 Å². The molecule has 2 N–H and O–H groups in total. The van der Waals surface area contributed by atoms with Gasteiger partial charge in [0.25, 0.3) is 0 Å². The average Bonchev–Trinajstić information content (AvgIpc) is 3.03. The molecule has 1 fully saturated rings. The molecule has 1 aliphatic rings. The molecule has 1 atom stereocenters. The van der Waals surface area contributed by atoms with Crippen molar-refractivity contribution in [2.75, 3.05) is 19.7 Å². The fourth-order valence-electron chi connectivity index (χ4n) is 2.88. The Morgan fingerprint density at radius 1 is 1.35 bits per heavy atom. The van der Waals surface area contributed by atoms with Gasteiger partial charge in [0.2, 0.25) is 5.91 Å². The maximum absolute atomic E-state index is 11.2. The Morgan fingerprint density at radius 3 is 2.91 bits per heavy atom. The summed E-state index contributed by atoms with van der Waals surface area (Å²) < 4.78 is 5.90. The molecule has 4 nitrogen and oxygen atoms in total. The first-order chi connectivity index (χ1) is 11.2. The summed E-state index contributed by atoms with van der Waals surface area (Å²) in [7, 11) is 0. The minimum Gasteiger partial charge on any atom is -0.376 e. The van der Waals surface area contributed by atoms with E-state index in [1.165, 1.54) is 10.4 Å². The minimum atomic E-state index is -0.352. The van der Waals surface area contributed by atoms with E-state index in [0.717, 1.165) is 39.1 Å². The van der Waals surface area contributed by atoms with Crippen LogP contribution in [-0.4, -0.2) is 36.6 Å². The highest BCUT2D eigenvalue weighted by Crippen LogP contribution is 2.19. The highest BCUT2D eigenvalue weighted by atomic mass is 32.1. The van der Waals surface area contributed by atoms with E-state index in [-0.39, 0.29) is 12.0 Å². The van der Waals surface area contributed by atoms with E-state index in [2.05, 4.69) is 29.2 Å². The second kappa shape index (κ2) is 7.73. The van der Waals surface area contributed by atoms with Crippen LogP contribution >= 0.6 is 11.3 Å². The molecule has 5 heteroatoms. The number of nitrogens with zero attached hydrogens (tertiary/aromatic N) is 1. The number of carbonyl (C=O) groups excluding carboxylic acids is 1. The van der Waals surface area contributed by atoms with Crippen molar-refractivity contribution in [2.45, 2.75) is 25.5 Å². The SMILES string of the molecule is NC(=O)c1csc(CN2CCOC(CCc3ccccc3)C2)c1. The predicted molar refractivity (Wildman–Crippen MR) is 92.6 cm³/mol. The molecule has 2 aromatic rings. The van der Waals surface area contributed by atoms with Gasteiger partial charge in [0.1, 0.15) is 0 Å². The number of morpholine rings is 1. The highest BCUT2D eigenvalue weighted by Gasteiger charge is 2.21. The number of hydrogen-bond acceptors (Lipinski definition) is 4. The van der Waals surface area contributed by atoms with Crippen LogP contribution in [0.3, 0.4) is 0 Å². The largest absolute Gasteiger partial charge is 0.376 e. The summed E-state index contributed by atoms with van der Waals surface area (Å²) in [5.41, 5.74) is 7.28. The number of hydrogen-bond donors (Lipinski definition) is 1. The number of benzene rings is 1. The maximum atomic E-state index is 11.2. The van der Waals surface area contributed by atoms with Crippen LogP contribution in [0.25, 0.3) is 0 Å². The molecule has 1 aliphatic heterocycles. The van der Waals surface area contributed by atoms with Gasteiger partial charge in [0, 0.05) is 29.9 Å². The lowest BCUT2D eigenvalue weighted by Crippen LogP contribution is -2.41. The number of amides is 1. The van der Waals surface area contributed by atoms with E-state index in [9.17, 15) is 4.79 Å². The molecule has 3 rings (SSSR count). The number of primary amides is 1. The number of aryl methyl sites for hydroxylation is 1. The summed E-state index contributed by atoms with van der Waals surface area (Å²) in [4.78, 5) is 14.8. The van der Waals surface area contributed by atoms with Crippen LogP contribution in [0.1, 0.15) is 27.2 Å². The molecule has 23 heavy (non-hydrogen) atoms. The fourth-order valence-corrected chi connectivity index (χ4v) is 3.80. The summed E-state index contributed by atoms with van der Waals surface area (Å²) in [5.74, 6) is -0.352. The van der Waals surface area contributed by atoms with Crippen LogP contribution < -0.4 is 5.73 Å². The van der Waals surface area contributed by atoms with Crippen LogP contribution in [0.15, 0.2) is 41.8 Å². The van der Waals surface area contributed by atoms with Gasteiger partial charge in [0.15, 0.2) is 0 Å². The molecule has 1 aromatic carbocycles. The second-order valence-electron chi connectivity index (χ2n) is 5.92. The van der Waals surface area contributed by atoms with Gasteiger partial charge in [-0.05, 0) is 24.5 Å². The van der Waals surface area contributed by atoms with Crippen LogP contribution in [0, 0.1) is 0 Å². The number of rotatable bonds is 6. The van der Waals surface area contributed by atoms with Gasteiger partial charge < -0.3 is 10.5 Å². The van der Waals surface area contributed by atoms with Crippen molar-refractivity contribution in [1.29, 1.82) is 0 Å². The van der Waals surface area contributed by atoms with Crippen molar-refractivity contribution < 1.29 is 9.53 Å². The molecule has 1 saturated heterocycles. The molecule has 0 saturated carbocycles. The molecule has 0 aliphatic carbocycles. The maximum Gasteiger partial charge on any atom is 0.249 e. The predicted octanol–water partition coefficient (Wildman–Crippen LogP) is 2.68. The van der Waals surface area contributed by atoms with Crippen molar-refractivity contribution in [3.63, 3.8) is 0 Å². The first kappa shape index (κ1) is 16.2. The molecular weight excluding hydrogens is 308 g/mol. The number of thiophene rings is 1. The Kier molecular flexibility index (Phi) is 5.43. The van der Waals surface area contributed by atoms with Crippen LogP contribution in [-0.2, 0) is 17.7 Å². The van der Waals surface area contributed by atoms with Crippen molar-refractivity contribution in [2.24, 2.45) is 5.73 Å². The summed E-state index contributed by atoms with van der Waals surface area (Å²) in [6.07, 6.45) is 2.36. The quantitative estimate of drug-likeness (QED) is 0.886. The Hall–Kier alpha value is -1.69. The lowest BCUT2D eigenvalue weighted by molar-refractivity contribution is -0.0342.